The highest BCUT2D eigenvalue weighted by molar-refractivity contribution is 9.10. The summed E-state index contributed by atoms with van der Waals surface area (Å²) in [6.07, 6.45) is 1.45. The lowest BCUT2D eigenvalue weighted by Crippen LogP contribution is -2.17. The normalized spacial score (nSPS) is 10.6. The molecule has 0 aliphatic heterocycles. The van der Waals surface area contributed by atoms with Gasteiger partial charge in [-0.1, -0.05) is 0 Å². The van der Waals surface area contributed by atoms with E-state index < -0.39 is 12.6 Å². The first-order valence-electron chi connectivity index (χ1n) is 8.81. The van der Waals surface area contributed by atoms with Crippen LogP contribution in [0, 0.1) is 0 Å². The number of hydrogen-bond donors (Lipinski definition) is 2. The third-order valence-electron chi connectivity index (χ3n) is 3.48. The van der Waals surface area contributed by atoms with E-state index in [2.05, 4.69) is 26.5 Å². The van der Waals surface area contributed by atoms with Crippen LogP contribution >= 0.6 is 15.9 Å². The molecule has 1 amide bonds. The molecule has 0 heterocycles. The number of carbonyl (C=O) groups excluding carboxylic acids is 1. The average molecular weight is 465 g/mol. The third-order valence-corrected chi connectivity index (χ3v) is 4.07. The Morgan fingerprint density at radius 1 is 1.10 bits per heavy atom. The molecule has 0 spiro atoms. The van der Waals surface area contributed by atoms with Gasteiger partial charge in [0.1, 0.15) is 5.75 Å². The van der Waals surface area contributed by atoms with Crippen LogP contribution in [0.2, 0.25) is 0 Å². The molecule has 8 nitrogen and oxygen atoms in total. The zero-order chi connectivity index (χ0) is 21.2. The number of amides is 1. The molecule has 0 fully saturated rings. The summed E-state index contributed by atoms with van der Waals surface area (Å²) in [6.45, 7) is 4.10. The number of halogens is 1. The van der Waals surface area contributed by atoms with Crippen LogP contribution in [0.5, 0.6) is 17.2 Å². The topological polar surface area (TPSA) is 106 Å². The van der Waals surface area contributed by atoms with E-state index in [-0.39, 0.29) is 11.7 Å². The summed E-state index contributed by atoms with van der Waals surface area (Å²) >= 11 is 3.34. The number of aliphatic carboxylic acids is 1. The summed E-state index contributed by atoms with van der Waals surface area (Å²) in [5, 5.41) is 12.8. The molecular weight excluding hydrogens is 444 g/mol. The van der Waals surface area contributed by atoms with Crippen LogP contribution in [0.15, 0.2) is 46.0 Å². The third kappa shape index (κ3) is 6.79. The van der Waals surface area contributed by atoms with Crippen LogP contribution in [0.3, 0.4) is 0 Å². The fraction of sp³-hybridized carbons (Fsp3) is 0.250. The first-order chi connectivity index (χ1) is 13.9. The van der Waals surface area contributed by atoms with Crippen LogP contribution in [-0.2, 0) is 4.79 Å². The maximum Gasteiger partial charge on any atom is 0.341 e. The van der Waals surface area contributed by atoms with Gasteiger partial charge in [0.2, 0.25) is 0 Å². The van der Waals surface area contributed by atoms with Crippen molar-refractivity contribution in [1.82, 2.24) is 5.43 Å². The lowest BCUT2D eigenvalue weighted by atomic mass is 10.2. The molecule has 0 saturated carbocycles. The Morgan fingerprint density at radius 2 is 1.79 bits per heavy atom. The van der Waals surface area contributed by atoms with Crippen molar-refractivity contribution in [3.05, 3.63) is 52.0 Å². The molecule has 0 aliphatic rings. The highest BCUT2D eigenvalue weighted by atomic mass is 79.9. The van der Waals surface area contributed by atoms with Crippen LogP contribution in [0.1, 0.15) is 29.8 Å². The van der Waals surface area contributed by atoms with Gasteiger partial charge in [0.25, 0.3) is 5.91 Å². The van der Waals surface area contributed by atoms with Crippen LogP contribution < -0.4 is 19.6 Å². The van der Waals surface area contributed by atoms with Gasteiger partial charge in [-0.2, -0.15) is 5.10 Å². The Balaban J connectivity index is 2.08. The zero-order valence-corrected chi connectivity index (χ0v) is 17.6. The van der Waals surface area contributed by atoms with E-state index in [0.29, 0.717) is 40.3 Å². The van der Waals surface area contributed by atoms with Gasteiger partial charge in [-0.15, -0.1) is 0 Å². The minimum Gasteiger partial charge on any atom is -0.494 e. The van der Waals surface area contributed by atoms with Gasteiger partial charge in [0.15, 0.2) is 18.1 Å². The zero-order valence-electron chi connectivity index (χ0n) is 16.0. The van der Waals surface area contributed by atoms with Gasteiger partial charge in [-0.05, 0) is 71.7 Å². The maximum absolute atomic E-state index is 12.2. The molecule has 0 bridgehead atoms. The van der Waals surface area contributed by atoms with Crippen molar-refractivity contribution in [3.63, 3.8) is 0 Å². The largest absolute Gasteiger partial charge is 0.494 e. The van der Waals surface area contributed by atoms with E-state index >= 15 is 0 Å². The number of hydrogen-bond acceptors (Lipinski definition) is 6. The van der Waals surface area contributed by atoms with E-state index in [9.17, 15) is 9.59 Å². The van der Waals surface area contributed by atoms with E-state index in [0.717, 1.165) is 0 Å². The number of ether oxygens (including phenoxy) is 3. The molecule has 9 heteroatoms. The van der Waals surface area contributed by atoms with E-state index in [1.165, 1.54) is 6.21 Å². The smallest absolute Gasteiger partial charge is 0.341 e. The first-order valence-corrected chi connectivity index (χ1v) is 9.61. The van der Waals surface area contributed by atoms with Crippen LogP contribution in [0.4, 0.5) is 0 Å². The monoisotopic (exact) mass is 464 g/mol. The molecule has 2 rings (SSSR count). The van der Waals surface area contributed by atoms with Gasteiger partial charge in [0, 0.05) is 5.56 Å². The van der Waals surface area contributed by atoms with E-state index in [1.807, 2.05) is 6.92 Å². The Bertz CT molecular complexity index is 883. The lowest BCUT2D eigenvalue weighted by Gasteiger charge is -2.13. The molecular formula is C20H21BrN2O6. The number of carboxylic acids is 1. The second kappa shape index (κ2) is 11.1. The number of nitrogens with zero attached hydrogens (tertiary/aromatic N) is 1. The number of carboxylic acid groups (broad SMARTS) is 1. The van der Waals surface area contributed by atoms with Crippen LogP contribution in [-0.4, -0.2) is 43.0 Å². The van der Waals surface area contributed by atoms with Crippen molar-refractivity contribution < 1.29 is 28.9 Å². The number of carbonyl (C=O) groups is 2. The SMILES string of the molecule is CCOc1ccc(C(=O)N/N=C/c2cc(Br)c(OCC(=O)O)c(OCC)c2)cc1. The molecule has 2 N–H and O–H groups in total. The Hall–Kier alpha value is -3.07. The van der Waals surface area contributed by atoms with Crippen molar-refractivity contribution in [2.45, 2.75) is 13.8 Å². The quantitative estimate of drug-likeness (QED) is 0.411. The van der Waals surface area contributed by atoms with E-state index in [1.54, 1.807) is 43.3 Å². The highest BCUT2D eigenvalue weighted by Gasteiger charge is 2.13. The van der Waals surface area contributed by atoms with E-state index in [4.69, 9.17) is 19.3 Å². The minimum atomic E-state index is -1.10. The lowest BCUT2D eigenvalue weighted by molar-refractivity contribution is -0.139. The summed E-state index contributed by atoms with van der Waals surface area (Å²) in [6, 6.07) is 10.0. The summed E-state index contributed by atoms with van der Waals surface area (Å²) < 4.78 is 16.6. The molecule has 0 aliphatic carbocycles. The number of hydrazone groups is 1. The molecule has 0 atom stereocenters. The summed E-state index contributed by atoms with van der Waals surface area (Å²) in [5.41, 5.74) is 3.51. The average Bonchev–Trinajstić information content (AvgIpc) is 2.68. The minimum absolute atomic E-state index is 0.282. The van der Waals surface area contributed by atoms with Crippen molar-refractivity contribution in [2.24, 2.45) is 5.10 Å². The van der Waals surface area contributed by atoms with Crippen molar-refractivity contribution in [2.75, 3.05) is 19.8 Å². The second-order valence-electron chi connectivity index (χ2n) is 5.60. The molecule has 2 aromatic carbocycles. The summed E-state index contributed by atoms with van der Waals surface area (Å²) in [4.78, 5) is 22.9. The van der Waals surface area contributed by atoms with Crippen LogP contribution in [0.25, 0.3) is 0 Å². The van der Waals surface area contributed by atoms with Crippen molar-refractivity contribution in [3.8, 4) is 17.2 Å². The Kier molecular flexibility index (Phi) is 8.47. The van der Waals surface area contributed by atoms with Gasteiger partial charge in [0.05, 0.1) is 23.9 Å². The summed E-state index contributed by atoms with van der Waals surface area (Å²) in [7, 11) is 0. The maximum atomic E-state index is 12.2. The van der Waals surface area contributed by atoms with Gasteiger partial charge >= 0.3 is 5.97 Å². The Labute approximate surface area is 176 Å². The molecule has 0 unspecified atom stereocenters. The molecule has 154 valence electrons. The number of nitrogens with one attached hydrogen (secondary N) is 1. The number of rotatable bonds is 10. The second-order valence-corrected chi connectivity index (χ2v) is 6.46. The van der Waals surface area contributed by atoms with Gasteiger partial charge in [-0.3, -0.25) is 4.79 Å². The fourth-order valence-corrected chi connectivity index (χ4v) is 2.87. The first kappa shape index (κ1) is 22.2. The molecule has 0 aromatic heterocycles. The highest BCUT2D eigenvalue weighted by Crippen LogP contribution is 2.36. The standard InChI is InChI=1S/C20H21BrN2O6/c1-3-27-15-7-5-14(6-8-15)20(26)23-22-11-13-9-16(21)19(29-12-18(24)25)17(10-13)28-4-2/h5-11H,3-4,12H2,1-2H3,(H,23,26)(H,24,25)/b22-11+. The van der Waals surface area contributed by atoms with Gasteiger partial charge in [-0.25, -0.2) is 10.2 Å². The molecule has 0 saturated heterocycles. The molecule has 0 radical (unpaired) electrons. The van der Waals surface area contributed by atoms with Crippen molar-refractivity contribution in [1.29, 1.82) is 0 Å². The molecule has 2 aromatic rings. The Morgan fingerprint density at radius 3 is 2.41 bits per heavy atom. The predicted molar refractivity (Wildman–Crippen MR) is 111 cm³/mol. The van der Waals surface area contributed by atoms with Gasteiger partial charge < -0.3 is 19.3 Å². The predicted octanol–water partition coefficient (Wildman–Crippen LogP) is 3.47. The molecule has 29 heavy (non-hydrogen) atoms. The van der Waals surface area contributed by atoms with Crippen molar-refractivity contribution >= 4 is 34.0 Å². The fourth-order valence-electron chi connectivity index (χ4n) is 2.30. The summed E-state index contributed by atoms with van der Waals surface area (Å²) in [5.74, 6) is -0.130. The number of benzene rings is 2.